The van der Waals surface area contributed by atoms with E-state index in [0.29, 0.717) is 18.2 Å². The Kier molecular flexibility index (Phi) is 5.75. The van der Waals surface area contributed by atoms with Crippen molar-refractivity contribution in [2.75, 3.05) is 19.7 Å². The molecule has 1 heterocycles. The van der Waals surface area contributed by atoms with Gasteiger partial charge in [-0.25, -0.2) is 4.79 Å². The van der Waals surface area contributed by atoms with Gasteiger partial charge in [0.2, 0.25) is 0 Å². The molecule has 0 unspecified atom stereocenters. The number of esters is 1. The van der Waals surface area contributed by atoms with Crippen LogP contribution in [-0.2, 0) is 14.3 Å². The largest absolute Gasteiger partial charge is 0.466 e. The zero-order valence-corrected chi connectivity index (χ0v) is 15.3. The van der Waals surface area contributed by atoms with Gasteiger partial charge in [-0.05, 0) is 39.3 Å². The molecule has 1 aliphatic rings. The summed E-state index contributed by atoms with van der Waals surface area (Å²) in [6.45, 7) is 8.16. The van der Waals surface area contributed by atoms with Crippen molar-refractivity contribution >= 4 is 23.7 Å². The highest BCUT2D eigenvalue weighted by Crippen LogP contribution is 2.37. The minimum atomic E-state index is -0.584. The minimum Gasteiger partial charge on any atom is -0.466 e. The Hall–Kier alpha value is -1.75. The van der Waals surface area contributed by atoms with E-state index in [1.54, 1.807) is 17.9 Å². The van der Waals surface area contributed by atoms with Gasteiger partial charge in [-0.1, -0.05) is 29.8 Å². The van der Waals surface area contributed by atoms with Gasteiger partial charge in [-0.2, -0.15) is 0 Å². The number of amides is 1. The second-order valence-electron chi connectivity index (χ2n) is 6.87. The maximum absolute atomic E-state index is 12.4. The predicted octanol–water partition coefficient (Wildman–Crippen LogP) is 3.85. The molecular weight excluding hydrogens is 330 g/mol. The van der Waals surface area contributed by atoms with Crippen molar-refractivity contribution in [1.29, 1.82) is 0 Å². The zero-order chi connectivity index (χ0) is 17.9. The first-order valence-electron chi connectivity index (χ1n) is 8.12. The number of halogens is 1. The molecule has 1 fully saturated rings. The summed E-state index contributed by atoms with van der Waals surface area (Å²) >= 11 is 6.30. The Morgan fingerprint density at radius 2 is 1.92 bits per heavy atom. The predicted molar refractivity (Wildman–Crippen MR) is 92.1 cm³/mol. The third-order valence-electron chi connectivity index (χ3n) is 3.87. The molecule has 0 bridgehead atoms. The van der Waals surface area contributed by atoms with Gasteiger partial charge < -0.3 is 14.4 Å². The molecule has 1 amide bonds. The molecule has 6 heteroatoms. The summed E-state index contributed by atoms with van der Waals surface area (Å²) in [5, 5.41) is 0.586. The Bertz CT molecular complexity index is 611. The van der Waals surface area contributed by atoms with Gasteiger partial charge in [0.15, 0.2) is 0 Å². The number of likely N-dealkylation sites (tertiary alicyclic amines) is 1. The van der Waals surface area contributed by atoms with Gasteiger partial charge in [0.05, 0.1) is 12.5 Å². The van der Waals surface area contributed by atoms with Gasteiger partial charge in [-0.3, -0.25) is 4.79 Å². The first-order valence-corrected chi connectivity index (χ1v) is 8.49. The van der Waals surface area contributed by atoms with Gasteiger partial charge >= 0.3 is 12.1 Å². The van der Waals surface area contributed by atoms with Crippen LogP contribution in [0.5, 0.6) is 0 Å². The van der Waals surface area contributed by atoms with Gasteiger partial charge in [0, 0.05) is 24.0 Å². The summed E-state index contributed by atoms with van der Waals surface area (Å²) in [4.78, 5) is 26.3. The Labute approximate surface area is 147 Å². The molecule has 132 valence electrons. The van der Waals surface area contributed by atoms with E-state index in [0.717, 1.165) is 5.56 Å². The summed E-state index contributed by atoms with van der Waals surface area (Å²) in [7, 11) is 0. The van der Waals surface area contributed by atoms with Crippen molar-refractivity contribution < 1.29 is 19.1 Å². The molecule has 24 heavy (non-hydrogen) atoms. The quantitative estimate of drug-likeness (QED) is 0.774. The molecule has 0 aliphatic carbocycles. The first kappa shape index (κ1) is 18.6. The average Bonchev–Trinajstić information content (AvgIpc) is 2.91. The average molecular weight is 354 g/mol. The number of benzene rings is 1. The van der Waals surface area contributed by atoms with Crippen LogP contribution in [0.25, 0.3) is 0 Å². The summed E-state index contributed by atoms with van der Waals surface area (Å²) < 4.78 is 10.6. The molecule has 1 aliphatic heterocycles. The molecule has 1 aromatic carbocycles. The SMILES string of the molecule is CCOC(=O)[C@H]1CN(C(=O)OC(C)(C)C)C[C@H]1c1ccccc1Cl. The third kappa shape index (κ3) is 4.41. The Balaban J connectivity index is 2.25. The number of hydrogen-bond acceptors (Lipinski definition) is 4. The third-order valence-corrected chi connectivity index (χ3v) is 4.21. The van der Waals surface area contributed by atoms with Crippen LogP contribution in [-0.4, -0.2) is 42.3 Å². The van der Waals surface area contributed by atoms with Crippen molar-refractivity contribution in [3.63, 3.8) is 0 Å². The summed E-state index contributed by atoms with van der Waals surface area (Å²) in [5.74, 6) is -0.962. The summed E-state index contributed by atoms with van der Waals surface area (Å²) in [6.07, 6.45) is -0.425. The number of hydrogen-bond donors (Lipinski definition) is 0. The zero-order valence-electron chi connectivity index (χ0n) is 14.5. The lowest BCUT2D eigenvalue weighted by atomic mass is 9.89. The van der Waals surface area contributed by atoms with Gasteiger partial charge in [-0.15, -0.1) is 0 Å². The molecule has 2 rings (SSSR count). The topological polar surface area (TPSA) is 55.8 Å². The van der Waals surface area contributed by atoms with Crippen molar-refractivity contribution in [3.8, 4) is 0 Å². The van der Waals surface area contributed by atoms with E-state index >= 15 is 0 Å². The molecule has 1 aromatic rings. The highest BCUT2D eigenvalue weighted by atomic mass is 35.5. The van der Waals surface area contributed by atoms with Crippen LogP contribution in [0.15, 0.2) is 24.3 Å². The van der Waals surface area contributed by atoms with Crippen LogP contribution in [0, 0.1) is 5.92 Å². The maximum atomic E-state index is 12.4. The standard InChI is InChI=1S/C18H24ClNO4/c1-5-23-16(21)14-11-20(17(22)24-18(2,3)4)10-13(14)12-8-6-7-9-15(12)19/h6-9,13-14H,5,10-11H2,1-4H3/t13-,14-/m0/s1. The normalized spacial score (nSPS) is 20.8. The van der Waals surface area contributed by atoms with Crippen LogP contribution in [0.1, 0.15) is 39.2 Å². The van der Waals surface area contributed by atoms with Crippen LogP contribution in [0.4, 0.5) is 4.79 Å². The van der Waals surface area contributed by atoms with E-state index in [9.17, 15) is 9.59 Å². The maximum Gasteiger partial charge on any atom is 0.410 e. The molecule has 0 saturated carbocycles. The number of carbonyl (C=O) groups excluding carboxylic acids is 2. The number of nitrogens with zero attached hydrogens (tertiary/aromatic N) is 1. The van der Waals surface area contributed by atoms with Gasteiger partial charge in [0.1, 0.15) is 5.60 Å². The smallest absolute Gasteiger partial charge is 0.410 e. The molecule has 0 radical (unpaired) electrons. The first-order chi connectivity index (χ1) is 11.2. The van der Waals surface area contributed by atoms with E-state index in [2.05, 4.69) is 0 Å². The van der Waals surface area contributed by atoms with Crippen LogP contribution < -0.4 is 0 Å². The molecule has 0 N–H and O–H groups in total. The lowest BCUT2D eigenvalue weighted by molar-refractivity contribution is -0.147. The van der Waals surface area contributed by atoms with Crippen molar-refractivity contribution in [1.82, 2.24) is 4.90 Å². The molecule has 2 atom stereocenters. The Morgan fingerprint density at radius 1 is 1.25 bits per heavy atom. The summed E-state index contributed by atoms with van der Waals surface area (Å²) in [5.41, 5.74) is 0.266. The van der Waals surface area contributed by atoms with E-state index in [-0.39, 0.29) is 18.4 Å². The van der Waals surface area contributed by atoms with E-state index in [1.165, 1.54) is 0 Å². The van der Waals surface area contributed by atoms with Crippen molar-refractivity contribution in [3.05, 3.63) is 34.9 Å². The number of carbonyl (C=O) groups is 2. The van der Waals surface area contributed by atoms with Crippen LogP contribution >= 0.6 is 11.6 Å². The second-order valence-corrected chi connectivity index (χ2v) is 7.28. The fourth-order valence-electron chi connectivity index (χ4n) is 2.86. The molecule has 0 spiro atoms. The molecule has 1 saturated heterocycles. The minimum absolute atomic E-state index is 0.203. The van der Waals surface area contributed by atoms with Gasteiger partial charge in [0.25, 0.3) is 0 Å². The van der Waals surface area contributed by atoms with E-state index < -0.39 is 17.6 Å². The fourth-order valence-corrected chi connectivity index (χ4v) is 3.13. The van der Waals surface area contributed by atoms with E-state index in [4.69, 9.17) is 21.1 Å². The lowest BCUT2D eigenvalue weighted by Gasteiger charge is -2.24. The highest BCUT2D eigenvalue weighted by molar-refractivity contribution is 6.31. The van der Waals surface area contributed by atoms with Crippen molar-refractivity contribution in [2.24, 2.45) is 5.92 Å². The van der Waals surface area contributed by atoms with Crippen LogP contribution in [0.2, 0.25) is 5.02 Å². The van der Waals surface area contributed by atoms with Crippen LogP contribution in [0.3, 0.4) is 0 Å². The van der Waals surface area contributed by atoms with Crippen molar-refractivity contribution in [2.45, 2.75) is 39.2 Å². The molecular formula is C18H24ClNO4. The number of rotatable bonds is 3. The molecule has 0 aromatic heterocycles. The number of ether oxygens (including phenoxy) is 2. The monoisotopic (exact) mass is 353 g/mol. The summed E-state index contributed by atoms with van der Waals surface area (Å²) in [6, 6.07) is 7.39. The van der Waals surface area contributed by atoms with E-state index in [1.807, 2.05) is 39.0 Å². The highest BCUT2D eigenvalue weighted by Gasteiger charge is 2.43. The lowest BCUT2D eigenvalue weighted by Crippen LogP contribution is -2.36. The Morgan fingerprint density at radius 3 is 2.50 bits per heavy atom. The molecule has 5 nitrogen and oxygen atoms in total. The fraction of sp³-hybridized carbons (Fsp3) is 0.556. The second kappa shape index (κ2) is 7.43.